The van der Waals surface area contributed by atoms with Crippen molar-refractivity contribution in [1.82, 2.24) is 19.6 Å². The summed E-state index contributed by atoms with van der Waals surface area (Å²) < 4.78 is 7.90. The molecule has 2 heterocycles. The van der Waals surface area contributed by atoms with Crippen LogP contribution in [0.15, 0.2) is 36.5 Å². The maximum atomic E-state index is 5.82. The Morgan fingerprint density at radius 3 is 2.48 bits per heavy atom. The molecule has 1 aliphatic carbocycles. The smallest absolute Gasteiger partial charge is 0.119 e. The molecule has 1 aromatic heterocycles. The number of aryl methyl sites for hydroxylation is 1. The molecule has 0 unspecified atom stereocenters. The van der Waals surface area contributed by atoms with Gasteiger partial charge in [0.25, 0.3) is 0 Å². The molecule has 1 aliphatic heterocycles. The quantitative estimate of drug-likeness (QED) is 0.775. The zero-order valence-corrected chi connectivity index (χ0v) is 15.1. The van der Waals surface area contributed by atoms with Crippen molar-refractivity contribution >= 4 is 0 Å². The van der Waals surface area contributed by atoms with Crippen LogP contribution in [0.4, 0.5) is 0 Å². The van der Waals surface area contributed by atoms with Crippen molar-refractivity contribution in [3.8, 4) is 5.75 Å². The molecule has 5 nitrogen and oxygen atoms in total. The van der Waals surface area contributed by atoms with Crippen LogP contribution in [0.1, 0.15) is 30.0 Å². The average Bonchev–Trinajstić information content (AvgIpc) is 3.41. The van der Waals surface area contributed by atoms with Gasteiger partial charge in [-0.2, -0.15) is 5.10 Å². The third kappa shape index (κ3) is 4.22. The molecule has 1 aromatic carbocycles. The third-order valence-electron chi connectivity index (χ3n) is 5.31. The molecule has 0 atom stereocenters. The molecule has 0 bridgehead atoms. The van der Waals surface area contributed by atoms with Crippen LogP contribution in [0.2, 0.25) is 0 Å². The van der Waals surface area contributed by atoms with E-state index in [-0.39, 0.29) is 0 Å². The monoisotopic (exact) mass is 340 g/mol. The molecular formula is C20H28N4O. The van der Waals surface area contributed by atoms with Crippen molar-refractivity contribution in [3.05, 3.63) is 47.8 Å². The number of benzene rings is 1. The highest BCUT2D eigenvalue weighted by molar-refractivity contribution is 5.25. The van der Waals surface area contributed by atoms with Gasteiger partial charge in [0.15, 0.2) is 0 Å². The number of aromatic nitrogens is 2. The van der Waals surface area contributed by atoms with Gasteiger partial charge >= 0.3 is 0 Å². The highest BCUT2D eigenvalue weighted by Gasteiger charge is 2.30. The van der Waals surface area contributed by atoms with Crippen molar-refractivity contribution in [1.29, 1.82) is 0 Å². The van der Waals surface area contributed by atoms with E-state index in [9.17, 15) is 0 Å². The van der Waals surface area contributed by atoms with E-state index in [2.05, 4.69) is 32.8 Å². The second-order valence-electron chi connectivity index (χ2n) is 7.23. The Kier molecular flexibility index (Phi) is 5.04. The standard InChI is InChI=1S/C20H28N4O/c1-22-20(17-7-8-17)18(15-21-22)16-24-11-9-23(10-12-24)13-14-25-19-5-3-2-4-6-19/h2-6,15,17H,7-14,16H2,1H3. The van der Waals surface area contributed by atoms with Crippen LogP contribution in [0.5, 0.6) is 5.75 Å². The molecule has 25 heavy (non-hydrogen) atoms. The summed E-state index contributed by atoms with van der Waals surface area (Å²) in [7, 11) is 2.09. The van der Waals surface area contributed by atoms with Crippen LogP contribution >= 0.6 is 0 Å². The van der Waals surface area contributed by atoms with Crippen LogP contribution in [-0.2, 0) is 13.6 Å². The van der Waals surface area contributed by atoms with Gasteiger partial charge in [-0.25, -0.2) is 0 Å². The Hall–Kier alpha value is -1.85. The van der Waals surface area contributed by atoms with Gasteiger partial charge in [-0.15, -0.1) is 0 Å². The average molecular weight is 340 g/mol. The number of para-hydroxylation sites is 1. The molecule has 0 N–H and O–H groups in total. The van der Waals surface area contributed by atoms with E-state index in [1.54, 1.807) is 0 Å². The van der Waals surface area contributed by atoms with Gasteiger partial charge in [0, 0.05) is 63.5 Å². The van der Waals surface area contributed by atoms with E-state index < -0.39 is 0 Å². The zero-order valence-electron chi connectivity index (χ0n) is 15.1. The number of nitrogens with zero attached hydrogens (tertiary/aromatic N) is 4. The third-order valence-corrected chi connectivity index (χ3v) is 5.31. The van der Waals surface area contributed by atoms with Crippen molar-refractivity contribution in [3.63, 3.8) is 0 Å². The predicted octanol–water partition coefficient (Wildman–Crippen LogP) is 2.49. The van der Waals surface area contributed by atoms with E-state index in [1.807, 2.05) is 30.3 Å². The molecule has 4 rings (SSSR count). The van der Waals surface area contributed by atoms with Crippen LogP contribution in [0, 0.1) is 0 Å². The number of hydrogen-bond acceptors (Lipinski definition) is 4. The maximum absolute atomic E-state index is 5.82. The predicted molar refractivity (Wildman–Crippen MR) is 98.8 cm³/mol. The van der Waals surface area contributed by atoms with Crippen molar-refractivity contribution < 1.29 is 4.74 Å². The fraction of sp³-hybridized carbons (Fsp3) is 0.550. The Morgan fingerprint density at radius 2 is 1.76 bits per heavy atom. The first-order chi connectivity index (χ1) is 12.3. The SMILES string of the molecule is Cn1ncc(CN2CCN(CCOc3ccccc3)CC2)c1C1CC1. The lowest BCUT2D eigenvalue weighted by Gasteiger charge is -2.34. The molecule has 5 heteroatoms. The lowest BCUT2D eigenvalue weighted by molar-refractivity contribution is 0.112. The lowest BCUT2D eigenvalue weighted by Crippen LogP contribution is -2.47. The molecule has 0 spiro atoms. The zero-order chi connectivity index (χ0) is 17.1. The van der Waals surface area contributed by atoms with E-state index in [4.69, 9.17) is 4.74 Å². The van der Waals surface area contributed by atoms with Gasteiger partial charge in [-0.3, -0.25) is 14.5 Å². The Labute approximate surface area is 150 Å². The lowest BCUT2D eigenvalue weighted by atomic mass is 10.1. The van der Waals surface area contributed by atoms with Crippen LogP contribution in [-0.4, -0.2) is 58.9 Å². The molecule has 134 valence electrons. The molecule has 1 saturated heterocycles. The van der Waals surface area contributed by atoms with E-state index in [1.165, 1.54) is 24.1 Å². The van der Waals surface area contributed by atoms with E-state index in [0.717, 1.165) is 57.5 Å². The Morgan fingerprint density at radius 1 is 1.04 bits per heavy atom. The number of piperazine rings is 1. The minimum absolute atomic E-state index is 0.762. The largest absolute Gasteiger partial charge is 0.492 e. The second kappa shape index (κ2) is 7.58. The minimum atomic E-state index is 0.762. The summed E-state index contributed by atoms with van der Waals surface area (Å²) in [6, 6.07) is 10.1. The number of rotatable bonds is 7. The van der Waals surface area contributed by atoms with Gasteiger partial charge in [-0.05, 0) is 25.0 Å². The highest BCUT2D eigenvalue weighted by atomic mass is 16.5. The molecule has 2 aromatic rings. The summed E-state index contributed by atoms with van der Waals surface area (Å²) in [5.74, 6) is 1.73. The molecule has 0 amide bonds. The van der Waals surface area contributed by atoms with Crippen LogP contribution < -0.4 is 4.74 Å². The van der Waals surface area contributed by atoms with Gasteiger partial charge in [0.1, 0.15) is 12.4 Å². The van der Waals surface area contributed by atoms with Crippen molar-refractivity contribution in [2.75, 3.05) is 39.3 Å². The van der Waals surface area contributed by atoms with E-state index >= 15 is 0 Å². The molecule has 1 saturated carbocycles. The summed E-state index contributed by atoms with van der Waals surface area (Å²) in [5, 5.41) is 4.49. The summed E-state index contributed by atoms with van der Waals surface area (Å²) >= 11 is 0. The first kappa shape index (κ1) is 16.6. The Balaban J connectivity index is 1.21. The van der Waals surface area contributed by atoms with Gasteiger partial charge in [0.05, 0.1) is 6.20 Å². The summed E-state index contributed by atoms with van der Waals surface area (Å²) in [4.78, 5) is 5.07. The molecule has 2 fully saturated rings. The fourth-order valence-electron chi connectivity index (χ4n) is 3.72. The number of hydrogen-bond donors (Lipinski definition) is 0. The van der Waals surface area contributed by atoms with E-state index in [0.29, 0.717) is 0 Å². The molecule has 0 radical (unpaired) electrons. The topological polar surface area (TPSA) is 33.5 Å². The summed E-state index contributed by atoms with van der Waals surface area (Å²) in [5.41, 5.74) is 2.91. The van der Waals surface area contributed by atoms with Gasteiger partial charge in [-0.1, -0.05) is 18.2 Å². The van der Waals surface area contributed by atoms with Gasteiger partial charge < -0.3 is 4.74 Å². The minimum Gasteiger partial charge on any atom is -0.492 e. The van der Waals surface area contributed by atoms with Crippen LogP contribution in [0.3, 0.4) is 0 Å². The summed E-state index contributed by atoms with van der Waals surface area (Å²) in [6.07, 6.45) is 4.75. The second-order valence-corrected chi connectivity index (χ2v) is 7.23. The highest BCUT2D eigenvalue weighted by Crippen LogP contribution is 2.41. The van der Waals surface area contributed by atoms with Crippen molar-refractivity contribution in [2.45, 2.75) is 25.3 Å². The van der Waals surface area contributed by atoms with Crippen LogP contribution in [0.25, 0.3) is 0 Å². The van der Waals surface area contributed by atoms with Gasteiger partial charge in [0.2, 0.25) is 0 Å². The maximum Gasteiger partial charge on any atom is 0.119 e. The first-order valence-electron chi connectivity index (χ1n) is 9.43. The normalized spacial score (nSPS) is 19.2. The number of ether oxygens (including phenoxy) is 1. The first-order valence-corrected chi connectivity index (χ1v) is 9.43. The summed E-state index contributed by atoms with van der Waals surface area (Å²) in [6.45, 7) is 7.32. The Bertz CT molecular complexity index is 672. The molecular weight excluding hydrogens is 312 g/mol. The fourth-order valence-corrected chi connectivity index (χ4v) is 3.72. The molecule has 2 aliphatic rings. The van der Waals surface area contributed by atoms with Crippen molar-refractivity contribution in [2.24, 2.45) is 7.05 Å².